The molecule has 7 nitrogen and oxygen atoms in total. The molecule has 1 rings (SSSR count). The summed E-state index contributed by atoms with van der Waals surface area (Å²) in [7, 11) is -14.3. The molecule has 0 unspecified atom stereocenters. The first kappa shape index (κ1) is 25.2. The van der Waals surface area contributed by atoms with Crippen LogP contribution in [0.1, 0.15) is 6.92 Å². The van der Waals surface area contributed by atoms with Gasteiger partial charge in [-0.3, -0.25) is 5.41 Å². The van der Waals surface area contributed by atoms with Crippen LogP contribution in [0.3, 0.4) is 0 Å². The summed E-state index contributed by atoms with van der Waals surface area (Å²) in [4.78, 5) is 0. The molecule has 0 aliphatic rings. The first-order valence-corrected chi connectivity index (χ1v) is 9.70. The Bertz CT molecular complexity index is 1080. The van der Waals surface area contributed by atoms with Crippen LogP contribution in [-0.2, 0) is 33.3 Å². The number of sulfone groups is 2. The average molecular weight is 489 g/mol. The van der Waals surface area contributed by atoms with Gasteiger partial charge in [-0.15, -0.1) is 0 Å². The van der Waals surface area contributed by atoms with Gasteiger partial charge in [0.1, 0.15) is 0 Å². The van der Waals surface area contributed by atoms with Crippen molar-refractivity contribution in [2.24, 2.45) is 7.05 Å². The fourth-order valence-electron chi connectivity index (χ4n) is 2.03. The molecule has 170 valence electrons. The van der Waals surface area contributed by atoms with E-state index in [9.17, 15) is 60.7 Å². The summed E-state index contributed by atoms with van der Waals surface area (Å²) in [5.74, 6) is 0. The standard InChI is InChI=1S/C10H9F10N3O4S2/c1-3-23-5(29(26,27)10(19,20)8(14,15)16)4(22(2)6(23)21)28(24,25)9(17,18)7(11,12)13/h21H,3H2,1-2H3. The van der Waals surface area contributed by atoms with Crippen LogP contribution >= 0.6 is 0 Å². The lowest BCUT2D eigenvalue weighted by Gasteiger charge is -2.23. The Morgan fingerprint density at radius 1 is 0.759 bits per heavy atom. The van der Waals surface area contributed by atoms with E-state index in [-0.39, 0.29) is 7.05 Å². The molecule has 0 aliphatic carbocycles. The molecular formula is C10H9F10N3O4S2. The van der Waals surface area contributed by atoms with E-state index in [2.05, 4.69) is 0 Å². The topological polar surface area (TPSA) is 102 Å². The van der Waals surface area contributed by atoms with Gasteiger partial charge in [-0.1, -0.05) is 0 Å². The van der Waals surface area contributed by atoms with Gasteiger partial charge in [0, 0.05) is 13.6 Å². The number of nitrogens with zero attached hydrogens (tertiary/aromatic N) is 2. The van der Waals surface area contributed by atoms with Crippen molar-refractivity contribution in [1.82, 2.24) is 9.13 Å². The van der Waals surface area contributed by atoms with E-state index >= 15 is 0 Å². The van der Waals surface area contributed by atoms with E-state index < -0.39 is 73.9 Å². The van der Waals surface area contributed by atoms with Gasteiger partial charge in [0.2, 0.25) is 5.62 Å². The van der Waals surface area contributed by atoms with Gasteiger partial charge in [0.25, 0.3) is 19.7 Å². The van der Waals surface area contributed by atoms with Crippen LogP contribution in [0.2, 0.25) is 0 Å². The number of hydrogen-bond donors (Lipinski definition) is 1. The number of alkyl halides is 10. The Hall–Kier alpha value is -1.79. The van der Waals surface area contributed by atoms with Crippen molar-refractivity contribution < 1.29 is 60.7 Å². The maximum atomic E-state index is 13.5. The molecule has 0 saturated heterocycles. The number of halogens is 10. The number of nitrogens with one attached hydrogen (secondary N) is 1. The summed E-state index contributed by atoms with van der Waals surface area (Å²) < 4.78 is 176. The first-order chi connectivity index (χ1) is 12.5. The molecule has 0 aliphatic heterocycles. The molecule has 0 atom stereocenters. The minimum atomic E-state index is -7.28. The predicted octanol–water partition coefficient (Wildman–Crippen LogP) is 2.18. The van der Waals surface area contributed by atoms with E-state index in [1.165, 1.54) is 0 Å². The smallest absolute Gasteiger partial charge is 0.303 e. The van der Waals surface area contributed by atoms with Gasteiger partial charge in [-0.25, -0.2) is 16.8 Å². The monoisotopic (exact) mass is 489 g/mol. The highest BCUT2D eigenvalue weighted by Gasteiger charge is 2.72. The zero-order valence-corrected chi connectivity index (χ0v) is 15.5. The van der Waals surface area contributed by atoms with E-state index in [4.69, 9.17) is 5.41 Å². The fourth-order valence-corrected chi connectivity index (χ4v) is 5.44. The van der Waals surface area contributed by atoms with Crippen LogP contribution in [0.15, 0.2) is 10.1 Å². The van der Waals surface area contributed by atoms with Crippen LogP contribution in [0, 0.1) is 5.41 Å². The molecule has 0 aromatic carbocycles. The molecule has 1 aromatic heterocycles. The van der Waals surface area contributed by atoms with Gasteiger partial charge >= 0.3 is 22.9 Å². The predicted molar refractivity (Wildman–Crippen MR) is 71.3 cm³/mol. The molecular weight excluding hydrogens is 480 g/mol. The molecule has 0 saturated carbocycles. The van der Waals surface area contributed by atoms with Crippen LogP contribution in [0.25, 0.3) is 0 Å². The van der Waals surface area contributed by atoms with Crippen LogP contribution < -0.4 is 5.62 Å². The van der Waals surface area contributed by atoms with E-state index in [0.717, 1.165) is 6.92 Å². The Balaban J connectivity index is 4.26. The second kappa shape index (κ2) is 6.61. The Labute approximate surface area is 154 Å². The lowest BCUT2D eigenvalue weighted by Crippen LogP contribution is -2.47. The highest BCUT2D eigenvalue weighted by atomic mass is 32.2. The van der Waals surface area contributed by atoms with E-state index in [1.54, 1.807) is 0 Å². The number of rotatable bonds is 5. The Morgan fingerprint density at radius 2 is 1.07 bits per heavy atom. The largest absolute Gasteiger partial charge is 0.469 e. The Kier molecular flexibility index (Phi) is 5.75. The van der Waals surface area contributed by atoms with Crippen molar-refractivity contribution in [1.29, 1.82) is 5.41 Å². The zero-order valence-electron chi connectivity index (χ0n) is 13.8. The minimum Gasteiger partial charge on any atom is -0.303 e. The Morgan fingerprint density at radius 3 is 1.34 bits per heavy atom. The van der Waals surface area contributed by atoms with Crippen molar-refractivity contribution in [3.05, 3.63) is 5.62 Å². The summed E-state index contributed by atoms with van der Waals surface area (Å²) in [5, 5.41) is -11.7. The molecule has 1 aromatic rings. The summed E-state index contributed by atoms with van der Waals surface area (Å²) in [6.07, 6.45) is -13.8. The molecule has 0 amide bonds. The highest BCUT2D eigenvalue weighted by molar-refractivity contribution is 7.95. The molecule has 0 spiro atoms. The van der Waals surface area contributed by atoms with Crippen molar-refractivity contribution >= 4 is 19.7 Å². The molecule has 29 heavy (non-hydrogen) atoms. The van der Waals surface area contributed by atoms with Gasteiger partial charge in [0.05, 0.1) is 0 Å². The first-order valence-electron chi connectivity index (χ1n) is 6.74. The molecule has 1 heterocycles. The van der Waals surface area contributed by atoms with Crippen LogP contribution in [-0.4, -0.2) is 48.8 Å². The normalized spacial score (nSPS) is 15.0. The SMILES string of the molecule is CCn1c(S(=O)(=O)C(F)(F)C(F)(F)F)c(S(=O)(=O)C(F)(F)C(F)(F)F)n(C)c1=N. The quantitative estimate of drug-likeness (QED) is 0.641. The number of aromatic nitrogens is 2. The molecule has 0 radical (unpaired) electrons. The van der Waals surface area contributed by atoms with Crippen molar-refractivity contribution in [2.45, 2.75) is 46.4 Å². The lowest BCUT2D eigenvalue weighted by atomic mass is 10.7. The summed E-state index contributed by atoms with van der Waals surface area (Å²) in [6, 6.07) is 0. The third-order valence-corrected chi connectivity index (χ3v) is 7.31. The highest BCUT2D eigenvalue weighted by Crippen LogP contribution is 2.47. The van der Waals surface area contributed by atoms with Crippen molar-refractivity contribution in [3.63, 3.8) is 0 Å². The van der Waals surface area contributed by atoms with E-state index in [1.807, 2.05) is 0 Å². The summed E-state index contributed by atoms with van der Waals surface area (Å²) in [5.41, 5.74) is -1.56. The second-order valence-corrected chi connectivity index (χ2v) is 9.09. The van der Waals surface area contributed by atoms with Crippen LogP contribution in [0.5, 0.6) is 0 Å². The lowest BCUT2D eigenvalue weighted by molar-refractivity contribution is -0.242. The molecule has 19 heteroatoms. The second-order valence-electron chi connectivity index (χ2n) is 5.27. The van der Waals surface area contributed by atoms with Crippen LogP contribution in [0.4, 0.5) is 43.9 Å². The van der Waals surface area contributed by atoms with Crippen molar-refractivity contribution in [2.75, 3.05) is 0 Å². The molecule has 0 bridgehead atoms. The maximum absolute atomic E-state index is 13.5. The summed E-state index contributed by atoms with van der Waals surface area (Å²) in [6.45, 7) is -0.274. The third kappa shape index (κ3) is 3.30. The number of hydrogen-bond acceptors (Lipinski definition) is 5. The zero-order chi connectivity index (χ0) is 23.6. The van der Waals surface area contributed by atoms with E-state index in [0.29, 0.717) is 0 Å². The van der Waals surface area contributed by atoms with Gasteiger partial charge in [-0.2, -0.15) is 43.9 Å². The summed E-state index contributed by atoms with van der Waals surface area (Å²) >= 11 is 0. The fraction of sp³-hybridized carbons (Fsp3) is 0.700. The maximum Gasteiger partial charge on any atom is 0.469 e. The van der Waals surface area contributed by atoms with Gasteiger partial charge in [0.15, 0.2) is 10.1 Å². The average Bonchev–Trinajstić information content (AvgIpc) is 2.77. The van der Waals surface area contributed by atoms with Gasteiger partial charge < -0.3 is 9.13 Å². The minimum absolute atomic E-state index is 0.221. The van der Waals surface area contributed by atoms with Gasteiger partial charge in [-0.05, 0) is 6.92 Å². The van der Waals surface area contributed by atoms with Crippen molar-refractivity contribution in [3.8, 4) is 0 Å². The number of imidazole rings is 1. The molecule has 0 fully saturated rings. The molecule has 1 N–H and O–H groups in total. The third-order valence-electron chi connectivity index (χ3n) is 3.47.